The first kappa shape index (κ1) is 24.2. The number of carbonyl (C=O) groups excluding carboxylic acids is 1. The first-order valence-corrected chi connectivity index (χ1v) is 11.9. The van der Waals surface area contributed by atoms with E-state index in [1.54, 1.807) is 19.1 Å². The van der Waals surface area contributed by atoms with Gasteiger partial charge in [0.05, 0.1) is 17.3 Å². The molecule has 0 bridgehead atoms. The summed E-state index contributed by atoms with van der Waals surface area (Å²) in [4.78, 5) is 17.0. The lowest BCUT2D eigenvalue weighted by molar-refractivity contribution is 0.0518. The highest BCUT2D eigenvalue weighted by Gasteiger charge is 2.23. The van der Waals surface area contributed by atoms with Crippen LogP contribution in [-0.4, -0.2) is 17.6 Å². The van der Waals surface area contributed by atoms with Crippen LogP contribution in [0.4, 0.5) is 4.39 Å². The van der Waals surface area contributed by atoms with Crippen molar-refractivity contribution in [3.8, 4) is 5.75 Å². The smallest absolute Gasteiger partial charge is 0.357 e. The van der Waals surface area contributed by atoms with Crippen LogP contribution in [0.15, 0.2) is 48.5 Å². The Morgan fingerprint density at radius 3 is 2.62 bits per heavy atom. The summed E-state index contributed by atoms with van der Waals surface area (Å²) in [5, 5.41) is 0.900. The number of pyridine rings is 1. The summed E-state index contributed by atoms with van der Waals surface area (Å²) in [5.41, 5.74) is 5.53. The average molecular weight is 500 g/mol. The fourth-order valence-electron chi connectivity index (χ4n) is 4.08. The Morgan fingerprint density at radius 2 is 1.85 bits per heavy atom. The van der Waals surface area contributed by atoms with E-state index in [4.69, 9.17) is 32.7 Å². The maximum atomic E-state index is 13.4. The topological polar surface area (TPSA) is 48.4 Å². The largest absolute Gasteiger partial charge is 0.488 e. The molecule has 0 N–H and O–H groups in total. The standard InChI is InChI=1S/C27H24Cl2FNO3/c1-3-33-27(32)26-16(2)7-11-24(31-26)21-6-4-5-20(21)22-13-18(28)9-12-25(22)34-15-17-8-10-19(30)14-23(17)29/h7-14H,3-6,15H2,1-2H3. The molecule has 2 aromatic carbocycles. The zero-order chi connectivity index (χ0) is 24.2. The van der Waals surface area contributed by atoms with Crippen LogP contribution in [0.2, 0.25) is 10.0 Å². The van der Waals surface area contributed by atoms with Crippen molar-refractivity contribution < 1.29 is 18.7 Å². The zero-order valence-corrected chi connectivity index (χ0v) is 20.5. The van der Waals surface area contributed by atoms with E-state index in [1.165, 1.54) is 12.1 Å². The van der Waals surface area contributed by atoms with Crippen molar-refractivity contribution in [2.75, 3.05) is 6.61 Å². The number of hydrogen-bond donors (Lipinski definition) is 0. The minimum atomic E-state index is -0.426. The Balaban J connectivity index is 1.71. The van der Waals surface area contributed by atoms with E-state index < -0.39 is 11.8 Å². The highest BCUT2D eigenvalue weighted by atomic mass is 35.5. The predicted molar refractivity (Wildman–Crippen MR) is 133 cm³/mol. The number of benzene rings is 2. The number of esters is 1. The molecule has 0 saturated carbocycles. The number of nitrogens with zero attached hydrogens (tertiary/aromatic N) is 1. The summed E-state index contributed by atoms with van der Waals surface area (Å²) in [7, 11) is 0. The second-order valence-electron chi connectivity index (χ2n) is 8.06. The molecular formula is C27H24Cl2FNO3. The van der Waals surface area contributed by atoms with Gasteiger partial charge in [-0.25, -0.2) is 14.2 Å². The van der Waals surface area contributed by atoms with Crippen molar-refractivity contribution in [2.24, 2.45) is 0 Å². The van der Waals surface area contributed by atoms with Gasteiger partial charge in [-0.3, -0.25) is 0 Å². The summed E-state index contributed by atoms with van der Waals surface area (Å²) >= 11 is 12.5. The molecule has 1 aliphatic carbocycles. The molecule has 0 amide bonds. The van der Waals surface area contributed by atoms with Gasteiger partial charge < -0.3 is 9.47 Å². The van der Waals surface area contributed by atoms with Gasteiger partial charge in [0.15, 0.2) is 5.69 Å². The second-order valence-corrected chi connectivity index (χ2v) is 8.90. The van der Waals surface area contributed by atoms with Crippen LogP contribution >= 0.6 is 23.2 Å². The van der Waals surface area contributed by atoms with Crippen molar-refractivity contribution in [2.45, 2.75) is 39.7 Å². The Labute approximate surface area is 208 Å². The number of aryl methyl sites for hydroxylation is 1. The van der Waals surface area contributed by atoms with Gasteiger partial charge in [-0.1, -0.05) is 35.3 Å². The number of halogens is 3. The van der Waals surface area contributed by atoms with Gasteiger partial charge in [0.2, 0.25) is 0 Å². The summed E-state index contributed by atoms with van der Waals surface area (Å²) in [5.74, 6) is -0.170. The van der Waals surface area contributed by atoms with Crippen molar-refractivity contribution in [3.05, 3.63) is 92.5 Å². The molecule has 1 heterocycles. The lowest BCUT2D eigenvalue weighted by atomic mass is 9.98. The molecular weight excluding hydrogens is 476 g/mol. The maximum Gasteiger partial charge on any atom is 0.357 e. The van der Waals surface area contributed by atoms with Crippen LogP contribution in [0.5, 0.6) is 5.75 Å². The van der Waals surface area contributed by atoms with Crippen molar-refractivity contribution in [1.29, 1.82) is 0 Å². The van der Waals surface area contributed by atoms with E-state index >= 15 is 0 Å². The monoisotopic (exact) mass is 499 g/mol. The lowest BCUT2D eigenvalue weighted by Crippen LogP contribution is -2.10. The fraction of sp³-hybridized carbons (Fsp3) is 0.259. The number of carbonyl (C=O) groups is 1. The fourth-order valence-corrected chi connectivity index (χ4v) is 4.48. The van der Waals surface area contributed by atoms with Crippen LogP contribution in [0.25, 0.3) is 11.1 Å². The molecule has 0 radical (unpaired) electrons. The summed E-state index contributed by atoms with van der Waals surface area (Å²) < 4.78 is 24.7. The van der Waals surface area contributed by atoms with Crippen LogP contribution < -0.4 is 4.74 Å². The van der Waals surface area contributed by atoms with Gasteiger partial charge in [-0.05, 0) is 86.2 Å². The first-order chi connectivity index (χ1) is 16.4. The van der Waals surface area contributed by atoms with Gasteiger partial charge in [-0.2, -0.15) is 0 Å². The Kier molecular flexibility index (Phi) is 7.54. The molecule has 7 heteroatoms. The number of rotatable bonds is 7. The average Bonchev–Trinajstić information content (AvgIpc) is 3.29. The van der Waals surface area contributed by atoms with Crippen molar-refractivity contribution in [3.63, 3.8) is 0 Å². The molecule has 34 heavy (non-hydrogen) atoms. The quantitative estimate of drug-likeness (QED) is 0.312. The van der Waals surface area contributed by atoms with E-state index in [-0.39, 0.29) is 6.61 Å². The van der Waals surface area contributed by atoms with Crippen molar-refractivity contribution in [1.82, 2.24) is 4.98 Å². The molecule has 4 nitrogen and oxygen atoms in total. The Hall–Kier alpha value is -2.89. The van der Waals surface area contributed by atoms with Crippen LogP contribution in [0.3, 0.4) is 0 Å². The minimum Gasteiger partial charge on any atom is -0.488 e. The third-order valence-corrected chi connectivity index (χ3v) is 6.34. The molecule has 0 aliphatic heterocycles. The highest BCUT2D eigenvalue weighted by Crippen LogP contribution is 2.43. The van der Waals surface area contributed by atoms with E-state index in [0.29, 0.717) is 33.7 Å². The van der Waals surface area contributed by atoms with Gasteiger partial charge in [-0.15, -0.1) is 0 Å². The molecule has 1 aliphatic rings. The molecule has 176 valence electrons. The number of aromatic nitrogens is 1. The van der Waals surface area contributed by atoms with Gasteiger partial charge >= 0.3 is 5.97 Å². The highest BCUT2D eigenvalue weighted by molar-refractivity contribution is 6.31. The van der Waals surface area contributed by atoms with E-state index in [0.717, 1.165) is 47.2 Å². The van der Waals surface area contributed by atoms with Crippen LogP contribution in [-0.2, 0) is 11.3 Å². The van der Waals surface area contributed by atoms with Crippen LogP contribution in [0, 0.1) is 12.7 Å². The van der Waals surface area contributed by atoms with E-state index in [1.807, 2.05) is 31.2 Å². The normalized spacial score (nSPS) is 13.3. The molecule has 0 atom stereocenters. The second kappa shape index (κ2) is 10.6. The molecule has 1 aromatic heterocycles. The minimum absolute atomic E-state index is 0.187. The van der Waals surface area contributed by atoms with Crippen LogP contribution in [0.1, 0.15) is 59.1 Å². The van der Waals surface area contributed by atoms with Gasteiger partial charge in [0.1, 0.15) is 18.2 Å². The Bertz CT molecular complexity index is 1270. The first-order valence-electron chi connectivity index (χ1n) is 11.1. The third kappa shape index (κ3) is 5.26. The van der Waals surface area contributed by atoms with E-state index in [2.05, 4.69) is 4.98 Å². The lowest BCUT2D eigenvalue weighted by Gasteiger charge is -2.16. The zero-order valence-electron chi connectivity index (χ0n) is 19.0. The predicted octanol–water partition coefficient (Wildman–Crippen LogP) is 7.69. The molecule has 3 aromatic rings. The molecule has 4 rings (SSSR count). The number of hydrogen-bond acceptors (Lipinski definition) is 4. The number of allylic oxidation sites excluding steroid dienone is 2. The van der Waals surface area contributed by atoms with Crippen molar-refractivity contribution >= 4 is 40.3 Å². The molecule has 0 spiro atoms. The SMILES string of the molecule is CCOC(=O)c1nc(C2=C(c3cc(Cl)ccc3OCc3ccc(F)cc3Cl)CCC2)ccc1C. The van der Waals surface area contributed by atoms with Gasteiger partial charge in [0, 0.05) is 16.1 Å². The maximum absolute atomic E-state index is 13.4. The Morgan fingerprint density at radius 1 is 1.06 bits per heavy atom. The molecule has 0 fully saturated rings. The van der Waals surface area contributed by atoms with Gasteiger partial charge in [0.25, 0.3) is 0 Å². The molecule has 0 unspecified atom stereocenters. The number of ether oxygens (including phenoxy) is 2. The summed E-state index contributed by atoms with van der Waals surface area (Å²) in [6.07, 6.45) is 2.60. The molecule has 0 saturated heterocycles. The summed E-state index contributed by atoms with van der Waals surface area (Å²) in [6.45, 7) is 4.09. The third-order valence-electron chi connectivity index (χ3n) is 5.76. The van der Waals surface area contributed by atoms with E-state index in [9.17, 15) is 9.18 Å². The summed E-state index contributed by atoms with van der Waals surface area (Å²) in [6, 6.07) is 13.5.